The van der Waals surface area contributed by atoms with Crippen LogP contribution in [0.15, 0.2) is 6.20 Å². The SMILES string of the molecule is Cc1ncc(N(CCCBr)C(C)C)nc1C. The first-order valence-electron chi connectivity index (χ1n) is 5.69. The molecular weight excluding hydrogens is 266 g/mol. The third-order valence-corrected chi connectivity index (χ3v) is 3.19. The first-order valence-corrected chi connectivity index (χ1v) is 6.81. The van der Waals surface area contributed by atoms with E-state index in [-0.39, 0.29) is 0 Å². The summed E-state index contributed by atoms with van der Waals surface area (Å²) >= 11 is 3.46. The van der Waals surface area contributed by atoms with Crippen molar-refractivity contribution in [1.29, 1.82) is 0 Å². The smallest absolute Gasteiger partial charge is 0.147 e. The Morgan fingerprint density at radius 1 is 1.31 bits per heavy atom. The molecule has 0 N–H and O–H groups in total. The highest BCUT2D eigenvalue weighted by Crippen LogP contribution is 2.15. The van der Waals surface area contributed by atoms with Crippen LogP contribution in [-0.4, -0.2) is 27.9 Å². The first-order chi connectivity index (χ1) is 7.56. The lowest BCUT2D eigenvalue weighted by atomic mass is 10.3. The Balaban J connectivity index is 2.88. The zero-order valence-electron chi connectivity index (χ0n) is 10.5. The van der Waals surface area contributed by atoms with E-state index >= 15 is 0 Å². The normalized spacial score (nSPS) is 10.9. The van der Waals surface area contributed by atoms with Crippen LogP contribution in [0.5, 0.6) is 0 Å². The number of hydrogen-bond donors (Lipinski definition) is 0. The average Bonchev–Trinajstić information content (AvgIpc) is 2.23. The van der Waals surface area contributed by atoms with E-state index in [0.717, 1.165) is 35.5 Å². The number of aromatic nitrogens is 2. The van der Waals surface area contributed by atoms with Crippen molar-refractivity contribution in [2.45, 2.75) is 40.2 Å². The molecule has 0 aliphatic heterocycles. The van der Waals surface area contributed by atoms with Gasteiger partial charge in [-0.3, -0.25) is 4.98 Å². The molecule has 1 aromatic rings. The number of alkyl halides is 1. The minimum absolute atomic E-state index is 0.454. The molecular formula is C12H20BrN3. The topological polar surface area (TPSA) is 29.0 Å². The van der Waals surface area contributed by atoms with Crippen LogP contribution >= 0.6 is 15.9 Å². The van der Waals surface area contributed by atoms with Gasteiger partial charge in [0.25, 0.3) is 0 Å². The molecule has 1 aromatic heterocycles. The van der Waals surface area contributed by atoms with Crippen molar-refractivity contribution in [1.82, 2.24) is 9.97 Å². The van der Waals surface area contributed by atoms with Gasteiger partial charge in [0.2, 0.25) is 0 Å². The summed E-state index contributed by atoms with van der Waals surface area (Å²) in [5.74, 6) is 0.985. The van der Waals surface area contributed by atoms with Gasteiger partial charge >= 0.3 is 0 Å². The zero-order chi connectivity index (χ0) is 12.1. The second kappa shape index (κ2) is 6.18. The van der Waals surface area contributed by atoms with Gasteiger partial charge in [0, 0.05) is 17.9 Å². The summed E-state index contributed by atoms with van der Waals surface area (Å²) in [5, 5.41) is 1.02. The largest absolute Gasteiger partial charge is 0.353 e. The second-order valence-electron chi connectivity index (χ2n) is 4.23. The minimum atomic E-state index is 0.454. The van der Waals surface area contributed by atoms with Crippen molar-refractivity contribution >= 4 is 21.7 Å². The van der Waals surface area contributed by atoms with Gasteiger partial charge in [0.1, 0.15) is 5.82 Å². The molecule has 0 aromatic carbocycles. The van der Waals surface area contributed by atoms with E-state index in [0.29, 0.717) is 6.04 Å². The number of halogens is 1. The van der Waals surface area contributed by atoms with Crippen molar-refractivity contribution in [3.05, 3.63) is 17.6 Å². The molecule has 0 radical (unpaired) electrons. The van der Waals surface area contributed by atoms with Crippen molar-refractivity contribution in [3.8, 4) is 0 Å². The van der Waals surface area contributed by atoms with Crippen LogP contribution in [0, 0.1) is 13.8 Å². The van der Waals surface area contributed by atoms with Gasteiger partial charge in [0.05, 0.1) is 17.6 Å². The van der Waals surface area contributed by atoms with Crippen molar-refractivity contribution in [2.24, 2.45) is 0 Å². The number of anilines is 1. The summed E-state index contributed by atoms with van der Waals surface area (Å²) < 4.78 is 0. The van der Waals surface area contributed by atoms with Crippen molar-refractivity contribution in [2.75, 3.05) is 16.8 Å². The van der Waals surface area contributed by atoms with E-state index in [2.05, 4.69) is 44.6 Å². The molecule has 0 aliphatic rings. The van der Waals surface area contributed by atoms with Crippen LogP contribution in [0.3, 0.4) is 0 Å². The highest BCUT2D eigenvalue weighted by Gasteiger charge is 2.12. The molecule has 1 heterocycles. The molecule has 16 heavy (non-hydrogen) atoms. The number of rotatable bonds is 5. The quantitative estimate of drug-likeness (QED) is 0.779. The Kier molecular flexibility index (Phi) is 5.19. The number of hydrogen-bond acceptors (Lipinski definition) is 3. The fourth-order valence-electron chi connectivity index (χ4n) is 1.54. The van der Waals surface area contributed by atoms with Gasteiger partial charge < -0.3 is 4.90 Å². The van der Waals surface area contributed by atoms with Crippen LogP contribution in [0.1, 0.15) is 31.7 Å². The van der Waals surface area contributed by atoms with Crippen molar-refractivity contribution < 1.29 is 0 Å². The summed E-state index contributed by atoms with van der Waals surface area (Å²) in [6.45, 7) is 9.38. The lowest BCUT2D eigenvalue weighted by Crippen LogP contribution is -2.33. The average molecular weight is 286 g/mol. The predicted octanol–water partition coefficient (Wildman–Crippen LogP) is 3.09. The summed E-state index contributed by atoms with van der Waals surface area (Å²) in [4.78, 5) is 11.3. The first kappa shape index (κ1) is 13.4. The van der Waals surface area contributed by atoms with Gasteiger partial charge in [-0.15, -0.1) is 0 Å². The maximum Gasteiger partial charge on any atom is 0.147 e. The molecule has 0 fully saturated rings. The van der Waals surface area contributed by atoms with Gasteiger partial charge in [-0.1, -0.05) is 15.9 Å². The Morgan fingerprint density at radius 2 is 2.00 bits per heavy atom. The maximum absolute atomic E-state index is 4.60. The molecule has 0 saturated carbocycles. The lowest BCUT2D eigenvalue weighted by molar-refractivity contribution is 0.661. The molecule has 0 saturated heterocycles. The van der Waals surface area contributed by atoms with Crippen LogP contribution in [0.25, 0.3) is 0 Å². The van der Waals surface area contributed by atoms with Crippen LogP contribution in [-0.2, 0) is 0 Å². The summed E-state index contributed by atoms with van der Waals surface area (Å²) in [5.41, 5.74) is 2.02. The molecule has 0 atom stereocenters. The maximum atomic E-state index is 4.60. The van der Waals surface area contributed by atoms with Gasteiger partial charge in [-0.05, 0) is 34.1 Å². The highest BCUT2D eigenvalue weighted by molar-refractivity contribution is 9.09. The fraction of sp³-hybridized carbons (Fsp3) is 0.667. The van der Waals surface area contributed by atoms with E-state index in [1.165, 1.54) is 0 Å². The summed E-state index contributed by atoms with van der Waals surface area (Å²) in [7, 11) is 0. The molecule has 0 aliphatic carbocycles. The third kappa shape index (κ3) is 3.44. The Bertz CT molecular complexity index is 339. The monoisotopic (exact) mass is 285 g/mol. The molecule has 0 amide bonds. The third-order valence-electron chi connectivity index (χ3n) is 2.63. The molecule has 0 spiro atoms. The van der Waals surface area contributed by atoms with Gasteiger partial charge in [-0.2, -0.15) is 0 Å². The molecule has 1 rings (SSSR count). The molecule has 90 valence electrons. The molecule has 0 bridgehead atoms. The van der Waals surface area contributed by atoms with Crippen LogP contribution < -0.4 is 4.90 Å². The lowest BCUT2D eigenvalue weighted by Gasteiger charge is -2.27. The van der Waals surface area contributed by atoms with Crippen LogP contribution in [0.4, 0.5) is 5.82 Å². The standard InChI is InChI=1S/C12H20BrN3/c1-9(2)16(7-5-6-13)12-8-14-10(3)11(4)15-12/h8-9H,5-7H2,1-4H3. The van der Waals surface area contributed by atoms with Crippen molar-refractivity contribution in [3.63, 3.8) is 0 Å². The molecule has 3 nitrogen and oxygen atoms in total. The Hall–Kier alpha value is -0.640. The highest BCUT2D eigenvalue weighted by atomic mass is 79.9. The number of nitrogens with zero attached hydrogens (tertiary/aromatic N) is 3. The molecule has 0 unspecified atom stereocenters. The fourth-order valence-corrected chi connectivity index (χ4v) is 1.79. The van der Waals surface area contributed by atoms with E-state index in [4.69, 9.17) is 0 Å². The second-order valence-corrected chi connectivity index (χ2v) is 5.02. The summed E-state index contributed by atoms with van der Waals surface area (Å²) in [6.07, 6.45) is 2.99. The van der Waals surface area contributed by atoms with E-state index < -0.39 is 0 Å². The number of aryl methyl sites for hydroxylation is 2. The minimum Gasteiger partial charge on any atom is -0.353 e. The zero-order valence-corrected chi connectivity index (χ0v) is 12.1. The van der Waals surface area contributed by atoms with Gasteiger partial charge in [0.15, 0.2) is 0 Å². The van der Waals surface area contributed by atoms with E-state index in [1.807, 2.05) is 20.0 Å². The van der Waals surface area contributed by atoms with Gasteiger partial charge in [-0.25, -0.2) is 4.98 Å². The molecule has 4 heteroatoms. The van der Waals surface area contributed by atoms with E-state index in [9.17, 15) is 0 Å². The Morgan fingerprint density at radius 3 is 2.50 bits per heavy atom. The van der Waals surface area contributed by atoms with Crippen LogP contribution in [0.2, 0.25) is 0 Å². The Labute approximate surface area is 106 Å². The van der Waals surface area contributed by atoms with E-state index in [1.54, 1.807) is 0 Å². The summed E-state index contributed by atoms with van der Waals surface area (Å²) in [6, 6.07) is 0.454. The predicted molar refractivity (Wildman–Crippen MR) is 72.4 cm³/mol.